The molecule has 12 heteroatoms. The molecule has 230 valence electrons. The van der Waals surface area contributed by atoms with E-state index in [2.05, 4.69) is 10.6 Å². The molecule has 3 aliphatic rings. The van der Waals surface area contributed by atoms with Gasteiger partial charge in [-0.25, -0.2) is 17.6 Å². The van der Waals surface area contributed by atoms with Gasteiger partial charge < -0.3 is 30.6 Å². The molecule has 0 saturated heterocycles. The van der Waals surface area contributed by atoms with Crippen LogP contribution in [0.2, 0.25) is 0 Å². The highest BCUT2D eigenvalue weighted by atomic mass is 32.2. The molecule has 5 rings (SSSR count). The van der Waals surface area contributed by atoms with E-state index < -0.39 is 33.1 Å². The third-order valence-corrected chi connectivity index (χ3v) is 10.8. The Balaban J connectivity index is 1.40. The maximum Gasteiger partial charge on any atom is 0.407 e. The number of carbonyl (C=O) groups is 2. The molecule has 42 heavy (non-hydrogen) atoms. The van der Waals surface area contributed by atoms with Gasteiger partial charge >= 0.3 is 6.09 Å². The average Bonchev–Trinajstić information content (AvgIpc) is 3.43. The van der Waals surface area contributed by atoms with E-state index in [4.69, 9.17) is 10.5 Å². The fourth-order valence-electron chi connectivity index (χ4n) is 6.79. The molecular formula is C30H42FN5O5S. The van der Waals surface area contributed by atoms with E-state index >= 15 is 4.39 Å². The van der Waals surface area contributed by atoms with Crippen molar-refractivity contribution < 1.29 is 27.1 Å². The highest BCUT2D eigenvalue weighted by Crippen LogP contribution is 2.45. The number of sulfone groups is 1. The molecule has 2 aliphatic carbocycles. The lowest BCUT2D eigenvalue weighted by atomic mass is 9.89. The zero-order valence-electron chi connectivity index (χ0n) is 24.9. The predicted molar refractivity (Wildman–Crippen MR) is 159 cm³/mol. The summed E-state index contributed by atoms with van der Waals surface area (Å²) in [4.78, 5) is 26.9. The Morgan fingerprint density at radius 2 is 1.86 bits per heavy atom. The second-order valence-electron chi connectivity index (χ2n) is 13.0. The Labute approximate surface area is 247 Å². The first kappa shape index (κ1) is 30.3. The summed E-state index contributed by atoms with van der Waals surface area (Å²) in [5.41, 5.74) is 8.15. The van der Waals surface area contributed by atoms with Crippen molar-refractivity contribution in [1.29, 1.82) is 0 Å². The molecule has 1 fully saturated rings. The number of carbonyl (C=O) groups excluding carboxylic acids is 2. The van der Waals surface area contributed by atoms with E-state index in [-0.39, 0.29) is 29.1 Å². The number of primary amides is 1. The standard InChI is InChI=1S/C30H42FN5O5S/c1-30(2)16-25-27(42(39,40)17-30)21-6-5-7-24(21)36(25)19-14-22(31)26(28(32)37)23(15-19)34-18-8-10-20(11-9-18)41-29(38)33-12-13-35(3)4/h14-15,18,20,34H,5-13,16-17H2,1-4H3,(H2,32,37)(H,33,38)/t18-,20-. The Hall–Kier alpha value is -3.12. The number of rotatable bonds is 8. The maximum absolute atomic E-state index is 15.6. The number of alkyl carbamates (subject to hydrolysis) is 1. The zero-order chi connectivity index (χ0) is 30.4. The van der Waals surface area contributed by atoms with Gasteiger partial charge in [-0.05, 0) is 88.6 Å². The second kappa shape index (κ2) is 11.5. The van der Waals surface area contributed by atoms with Crippen molar-refractivity contribution in [3.63, 3.8) is 0 Å². The van der Waals surface area contributed by atoms with Crippen molar-refractivity contribution in [3.8, 4) is 5.69 Å². The summed E-state index contributed by atoms with van der Waals surface area (Å²) in [5, 5.41) is 6.10. The van der Waals surface area contributed by atoms with Crippen molar-refractivity contribution in [2.24, 2.45) is 11.1 Å². The van der Waals surface area contributed by atoms with Gasteiger partial charge in [-0.1, -0.05) is 13.8 Å². The van der Waals surface area contributed by atoms with Crippen molar-refractivity contribution >= 4 is 27.5 Å². The van der Waals surface area contributed by atoms with Gasteiger partial charge in [0.25, 0.3) is 5.91 Å². The molecule has 1 aliphatic heterocycles. The van der Waals surface area contributed by atoms with Gasteiger partial charge in [-0.15, -0.1) is 0 Å². The summed E-state index contributed by atoms with van der Waals surface area (Å²) >= 11 is 0. The lowest BCUT2D eigenvalue weighted by Gasteiger charge is -2.31. The minimum Gasteiger partial charge on any atom is -0.446 e. The third kappa shape index (κ3) is 6.15. The Morgan fingerprint density at radius 1 is 1.14 bits per heavy atom. The number of benzene rings is 1. The quantitative estimate of drug-likeness (QED) is 0.420. The largest absolute Gasteiger partial charge is 0.446 e. The average molecular weight is 604 g/mol. The lowest BCUT2D eigenvalue weighted by molar-refractivity contribution is 0.0728. The van der Waals surface area contributed by atoms with Crippen LogP contribution >= 0.6 is 0 Å². The summed E-state index contributed by atoms with van der Waals surface area (Å²) < 4.78 is 49.9. The molecule has 1 aromatic carbocycles. The molecule has 1 aromatic heterocycles. The summed E-state index contributed by atoms with van der Waals surface area (Å²) in [5.74, 6) is -1.55. The number of nitrogens with zero attached hydrogens (tertiary/aromatic N) is 2. The molecule has 0 atom stereocenters. The number of nitrogens with two attached hydrogens (primary N) is 1. The Morgan fingerprint density at radius 3 is 2.52 bits per heavy atom. The highest BCUT2D eigenvalue weighted by Gasteiger charge is 2.42. The molecule has 10 nitrogen and oxygen atoms in total. The van der Waals surface area contributed by atoms with E-state index in [0.29, 0.717) is 74.3 Å². The van der Waals surface area contributed by atoms with E-state index in [1.165, 1.54) is 6.07 Å². The first-order valence-electron chi connectivity index (χ1n) is 14.7. The zero-order valence-corrected chi connectivity index (χ0v) is 25.7. The number of aromatic nitrogens is 1. The first-order valence-corrected chi connectivity index (χ1v) is 16.4. The number of anilines is 1. The Kier molecular flexibility index (Phi) is 8.32. The van der Waals surface area contributed by atoms with Crippen LogP contribution < -0.4 is 16.4 Å². The van der Waals surface area contributed by atoms with Gasteiger partial charge in [0.2, 0.25) is 0 Å². The van der Waals surface area contributed by atoms with Gasteiger partial charge in [0.15, 0.2) is 9.84 Å². The normalized spacial score (nSPS) is 22.3. The molecule has 2 aromatic rings. The minimum absolute atomic E-state index is 0.0787. The molecule has 0 unspecified atom stereocenters. The second-order valence-corrected chi connectivity index (χ2v) is 14.9. The van der Waals surface area contributed by atoms with Crippen molar-refractivity contribution in [2.75, 3.05) is 38.3 Å². The lowest BCUT2D eigenvalue weighted by Crippen LogP contribution is -2.37. The van der Waals surface area contributed by atoms with Gasteiger partial charge in [0, 0.05) is 30.5 Å². The molecule has 4 N–H and O–H groups in total. The molecule has 2 heterocycles. The molecule has 0 spiro atoms. The SMILES string of the molecule is CN(C)CCNC(=O)O[C@H]1CC[C@H](Nc2cc(-n3c4c(c5c3CC(C)(C)CS5(=O)=O)CCC4)cc(F)c2C(N)=O)CC1. The first-order chi connectivity index (χ1) is 19.8. The van der Waals surface area contributed by atoms with Crippen LogP contribution in [0.1, 0.15) is 73.3 Å². The summed E-state index contributed by atoms with van der Waals surface area (Å²) in [7, 11) is 0.358. The fraction of sp³-hybridized carbons (Fsp3) is 0.600. The number of hydrogen-bond acceptors (Lipinski definition) is 7. The number of halogens is 1. The summed E-state index contributed by atoms with van der Waals surface area (Å²) in [6.45, 7) is 5.09. The van der Waals surface area contributed by atoms with Crippen LogP contribution in [-0.2, 0) is 33.8 Å². The van der Waals surface area contributed by atoms with Crippen molar-refractivity contribution in [3.05, 3.63) is 40.5 Å². The predicted octanol–water partition coefficient (Wildman–Crippen LogP) is 3.57. The minimum atomic E-state index is -3.50. The van der Waals surface area contributed by atoms with Crippen molar-refractivity contribution in [1.82, 2.24) is 14.8 Å². The van der Waals surface area contributed by atoms with Crippen molar-refractivity contribution in [2.45, 2.75) is 82.3 Å². The van der Waals surface area contributed by atoms with Crippen LogP contribution in [0.4, 0.5) is 14.9 Å². The number of hydrogen-bond donors (Lipinski definition) is 3. The molecular weight excluding hydrogens is 561 g/mol. The van der Waals surface area contributed by atoms with Gasteiger partial charge in [-0.3, -0.25) is 4.79 Å². The Bertz CT molecular complexity index is 1490. The van der Waals surface area contributed by atoms with E-state index in [1.54, 1.807) is 6.07 Å². The third-order valence-electron chi connectivity index (χ3n) is 8.52. The molecule has 1 saturated carbocycles. The van der Waals surface area contributed by atoms with E-state index in [1.807, 2.05) is 37.4 Å². The fourth-order valence-corrected chi connectivity index (χ4v) is 9.19. The molecule has 0 bridgehead atoms. The van der Waals surface area contributed by atoms with Gasteiger partial charge in [-0.2, -0.15) is 0 Å². The van der Waals surface area contributed by atoms with Crippen LogP contribution in [0.3, 0.4) is 0 Å². The number of ether oxygens (including phenoxy) is 1. The summed E-state index contributed by atoms with van der Waals surface area (Å²) in [6, 6.07) is 2.92. The molecule has 0 radical (unpaired) electrons. The monoisotopic (exact) mass is 603 g/mol. The van der Waals surface area contributed by atoms with E-state index in [9.17, 15) is 18.0 Å². The summed E-state index contributed by atoms with van der Waals surface area (Å²) in [6.07, 6.45) is 4.65. The number of fused-ring (bicyclic) bond motifs is 3. The van der Waals surface area contributed by atoms with Crippen LogP contribution in [0, 0.1) is 11.2 Å². The molecule has 2 amide bonds. The van der Waals surface area contributed by atoms with Crippen LogP contribution in [-0.4, -0.2) is 75.0 Å². The number of nitrogens with one attached hydrogen (secondary N) is 2. The number of likely N-dealkylation sites (N-methyl/N-ethyl adjacent to an activating group) is 1. The number of amides is 2. The van der Waals surface area contributed by atoms with Crippen LogP contribution in [0.5, 0.6) is 0 Å². The maximum atomic E-state index is 15.6. The highest BCUT2D eigenvalue weighted by molar-refractivity contribution is 7.91. The topological polar surface area (TPSA) is 136 Å². The van der Waals surface area contributed by atoms with Gasteiger partial charge in [0.05, 0.1) is 27.6 Å². The van der Waals surface area contributed by atoms with E-state index in [0.717, 1.165) is 17.7 Å². The van der Waals surface area contributed by atoms with Crippen LogP contribution in [0.25, 0.3) is 5.69 Å². The van der Waals surface area contributed by atoms with Gasteiger partial charge in [0.1, 0.15) is 11.9 Å². The smallest absolute Gasteiger partial charge is 0.407 e. The van der Waals surface area contributed by atoms with Crippen LogP contribution in [0.15, 0.2) is 17.0 Å².